The lowest BCUT2D eigenvalue weighted by Crippen LogP contribution is -2.30. The van der Waals surface area contributed by atoms with Crippen LogP contribution in [0.15, 0.2) is 53.0 Å². The molecule has 0 aliphatic rings. The van der Waals surface area contributed by atoms with Gasteiger partial charge in [-0.3, -0.25) is 4.79 Å². The fraction of sp³-hybridized carbons (Fsp3) is 0.188. The van der Waals surface area contributed by atoms with E-state index in [9.17, 15) is 4.79 Å². The van der Waals surface area contributed by atoms with Crippen LogP contribution in [0.3, 0.4) is 0 Å². The molecule has 0 aliphatic heterocycles. The molecule has 0 aromatic heterocycles. The van der Waals surface area contributed by atoms with E-state index < -0.39 is 0 Å². The molecule has 0 N–H and O–H groups in total. The molecule has 0 saturated heterocycles. The smallest absolute Gasteiger partial charge is 0.253 e. The van der Waals surface area contributed by atoms with Crippen molar-refractivity contribution < 1.29 is 9.53 Å². The van der Waals surface area contributed by atoms with E-state index in [1.165, 1.54) is 0 Å². The summed E-state index contributed by atoms with van der Waals surface area (Å²) in [6, 6.07) is 14.5. The SMILES string of the molecule is CN(CCOc1ccc(Br)cc1)C(=O)c1cccc(Cl)c1. The van der Waals surface area contributed by atoms with Crippen LogP contribution in [0.25, 0.3) is 0 Å². The van der Waals surface area contributed by atoms with Crippen molar-refractivity contribution in [2.45, 2.75) is 0 Å². The molecule has 1 amide bonds. The van der Waals surface area contributed by atoms with Crippen LogP contribution >= 0.6 is 27.5 Å². The molecule has 0 radical (unpaired) electrons. The van der Waals surface area contributed by atoms with Gasteiger partial charge in [0.15, 0.2) is 0 Å². The van der Waals surface area contributed by atoms with Gasteiger partial charge in [0.05, 0.1) is 6.54 Å². The highest BCUT2D eigenvalue weighted by Gasteiger charge is 2.11. The molecule has 21 heavy (non-hydrogen) atoms. The van der Waals surface area contributed by atoms with E-state index in [4.69, 9.17) is 16.3 Å². The van der Waals surface area contributed by atoms with E-state index >= 15 is 0 Å². The maximum atomic E-state index is 12.2. The molecule has 0 spiro atoms. The van der Waals surface area contributed by atoms with Gasteiger partial charge in [0, 0.05) is 22.1 Å². The van der Waals surface area contributed by atoms with Crippen LogP contribution in [0.1, 0.15) is 10.4 Å². The minimum atomic E-state index is -0.0723. The van der Waals surface area contributed by atoms with Crippen molar-refractivity contribution in [2.75, 3.05) is 20.2 Å². The summed E-state index contributed by atoms with van der Waals surface area (Å²) in [5.74, 6) is 0.707. The van der Waals surface area contributed by atoms with Crippen molar-refractivity contribution in [3.63, 3.8) is 0 Å². The number of ether oxygens (including phenoxy) is 1. The zero-order valence-electron chi connectivity index (χ0n) is 11.6. The molecule has 2 aromatic carbocycles. The summed E-state index contributed by atoms with van der Waals surface area (Å²) in [4.78, 5) is 13.8. The first-order chi connectivity index (χ1) is 10.1. The van der Waals surface area contributed by atoms with E-state index in [2.05, 4.69) is 15.9 Å². The van der Waals surface area contributed by atoms with Gasteiger partial charge < -0.3 is 9.64 Å². The number of likely N-dealkylation sites (N-methyl/N-ethyl adjacent to an activating group) is 1. The van der Waals surface area contributed by atoms with Crippen molar-refractivity contribution in [2.24, 2.45) is 0 Å². The van der Waals surface area contributed by atoms with Gasteiger partial charge in [-0.25, -0.2) is 0 Å². The van der Waals surface area contributed by atoms with Gasteiger partial charge >= 0.3 is 0 Å². The molecular weight excluding hydrogens is 354 g/mol. The highest BCUT2D eigenvalue weighted by Crippen LogP contribution is 2.16. The predicted octanol–water partition coefficient (Wildman–Crippen LogP) is 4.25. The minimum absolute atomic E-state index is 0.0723. The lowest BCUT2D eigenvalue weighted by molar-refractivity contribution is 0.0774. The molecule has 0 saturated carbocycles. The second-order valence-corrected chi connectivity index (χ2v) is 5.89. The zero-order chi connectivity index (χ0) is 15.2. The van der Waals surface area contributed by atoms with E-state index in [-0.39, 0.29) is 5.91 Å². The number of amides is 1. The quantitative estimate of drug-likeness (QED) is 0.789. The number of hydrogen-bond acceptors (Lipinski definition) is 2. The summed E-state index contributed by atoms with van der Waals surface area (Å²) < 4.78 is 6.60. The largest absolute Gasteiger partial charge is 0.492 e. The lowest BCUT2D eigenvalue weighted by atomic mass is 10.2. The Morgan fingerprint density at radius 2 is 1.95 bits per heavy atom. The molecule has 3 nitrogen and oxygen atoms in total. The molecule has 0 heterocycles. The Hall–Kier alpha value is -1.52. The van der Waals surface area contributed by atoms with Gasteiger partial charge in [0.1, 0.15) is 12.4 Å². The normalized spacial score (nSPS) is 10.2. The topological polar surface area (TPSA) is 29.5 Å². The number of rotatable bonds is 5. The minimum Gasteiger partial charge on any atom is -0.492 e. The molecular formula is C16H15BrClNO2. The fourth-order valence-electron chi connectivity index (χ4n) is 1.77. The summed E-state index contributed by atoms with van der Waals surface area (Å²) in [6.07, 6.45) is 0. The first kappa shape index (κ1) is 15.9. The molecule has 5 heteroatoms. The molecule has 0 bridgehead atoms. The number of carbonyl (C=O) groups excluding carboxylic acids is 1. The Morgan fingerprint density at radius 1 is 1.24 bits per heavy atom. The van der Waals surface area contributed by atoms with E-state index in [0.717, 1.165) is 10.2 Å². The Labute approximate surface area is 137 Å². The van der Waals surface area contributed by atoms with Crippen LogP contribution < -0.4 is 4.74 Å². The summed E-state index contributed by atoms with van der Waals surface area (Å²) >= 11 is 9.26. The van der Waals surface area contributed by atoms with Crippen LogP contribution in [0.4, 0.5) is 0 Å². The van der Waals surface area contributed by atoms with Gasteiger partial charge in [0.2, 0.25) is 0 Å². The third-order valence-corrected chi connectivity index (χ3v) is 3.69. The van der Waals surface area contributed by atoms with Gasteiger partial charge in [-0.15, -0.1) is 0 Å². The summed E-state index contributed by atoms with van der Waals surface area (Å²) in [5.41, 5.74) is 0.577. The van der Waals surface area contributed by atoms with Gasteiger partial charge in [0.25, 0.3) is 5.91 Å². The zero-order valence-corrected chi connectivity index (χ0v) is 13.9. The lowest BCUT2D eigenvalue weighted by Gasteiger charge is -2.17. The maximum absolute atomic E-state index is 12.2. The second kappa shape index (κ2) is 7.48. The fourth-order valence-corrected chi connectivity index (χ4v) is 2.23. The summed E-state index contributed by atoms with van der Waals surface area (Å²) in [5, 5.41) is 0.556. The van der Waals surface area contributed by atoms with E-state index in [0.29, 0.717) is 23.7 Å². The number of hydrogen-bond donors (Lipinski definition) is 0. The summed E-state index contributed by atoms with van der Waals surface area (Å²) in [7, 11) is 1.74. The van der Waals surface area contributed by atoms with E-state index in [1.54, 1.807) is 36.2 Å². The predicted molar refractivity (Wildman–Crippen MR) is 88.0 cm³/mol. The average Bonchev–Trinajstić information content (AvgIpc) is 2.48. The summed E-state index contributed by atoms with van der Waals surface area (Å²) in [6.45, 7) is 0.936. The van der Waals surface area contributed by atoms with Crippen molar-refractivity contribution in [3.05, 3.63) is 63.6 Å². The Morgan fingerprint density at radius 3 is 2.62 bits per heavy atom. The van der Waals surface area contributed by atoms with Crippen molar-refractivity contribution in [3.8, 4) is 5.75 Å². The van der Waals surface area contributed by atoms with Gasteiger partial charge in [-0.2, -0.15) is 0 Å². The van der Waals surface area contributed by atoms with Gasteiger partial charge in [-0.1, -0.05) is 33.6 Å². The van der Waals surface area contributed by atoms with Crippen LogP contribution in [-0.2, 0) is 0 Å². The van der Waals surface area contributed by atoms with Crippen molar-refractivity contribution >= 4 is 33.4 Å². The van der Waals surface area contributed by atoms with Crippen LogP contribution in [0.5, 0.6) is 5.75 Å². The molecule has 0 atom stereocenters. The molecule has 0 unspecified atom stereocenters. The number of benzene rings is 2. The standard InChI is InChI=1S/C16H15BrClNO2/c1-19(16(20)12-3-2-4-14(18)11-12)9-10-21-15-7-5-13(17)6-8-15/h2-8,11H,9-10H2,1H3. The van der Waals surface area contributed by atoms with Gasteiger partial charge in [-0.05, 0) is 42.5 Å². The third kappa shape index (κ3) is 4.76. The molecule has 0 aliphatic carbocycles. The van der Waals surface area contributed by atoms with Crippen molar-refractivity contribution in [1.82, 2.24) is 4.90 Å². The first-order valence-corrected chi connectivity index (χ1v) is 7.63. The Kier molecular flexibility index (Phi) is 5.65. The third-order valence-electron chi connectivity index (χ3n) is 2.93. The average molecular weight is 369 g/mol. The Balaban J connectivity index is 1.85. The van der Waals surface area contributed by atoms with Crippen LogP contribution in [0, 0.1) is 0 Å². The highest BCUT2D eigenvalue weighted by molar-refractivity contribution is 9.10. The number of carbonyl (C=O) groups is 1. The van der Waals surface area contributed by atoms with Crippen molar-refractivity contribution in [1.29, 1.82) is 0 Å². The number of halogens is 2. The molecule has 0 fully saturated rings. The number of nitrogens with zero attached hydrogens (tertiary/aromatic N) is 1. The molecule has 2 rings (SSSR count). The van der Waals surface area contributed by atoms with Crippen LogP contribution in [0.2, 0.25) is 5.02 Å². The highest BCUT2D eigenvalue weighted by atomic mass is 79.9. The monoisotopic (exact) mass is 367 g/mol. The Bertz CT molecular complexity index is 616. The molecule has 110 valence electrons. The van der Waals surface area contributed by atoms with Crippen LogP contribution in [-0.4, -0.2) is 31.0 Å². The van der Waals surface area contributed by atoms with E-state index in [1.807, 2.05) is 24.3 Å². The maximum Gasteiger partial charge on any atom is 0.253 e. The second-order valence-electron chi connectivity index (χ2n) is 4.54. The molecule has 2 aromatic rings. The first-order valence-electron chi connectivity index (χ1n) is 6.45.